The molecular weight excluding hydrogens is 284 g/mol. The number of methoxy groups -OCH3 is 1. The van der Waals surface area contributed by atoms with Crippen LogP contribution in [0.2, 0.25) is 0 Å². The number of nitrogens with one attached hydrogen (secondary N) is 1. The van der Waals surface area contributed by atoms with Gasteiger partial charge in [-0.1, -0.05) is 5.16 Å². The predicted octanol–water partition coefficient (Wildman–Crippen LogP) is 2.26. The van der Waals surface area contributed by atoms with Crippen molar-refractivity contribution in [1.82, 2.24) is 15.1 Å². The summed E-state index contributed by atoms with van der Waals surface area (Å²) >= 11 is 0. The molecule has 0 unspecified atom stereocenters. The second-order valence-electron chi connectivity index (χ2n) is 5.64. The Morgan fingerprint density at radius 3 is 3.00 bits per heavy atom. The van der Waals surface area contributed by atoms with Crippen LogP contribution in [0.5, 0.6) is 0 Å². The van der Waals surface area contributed by atoms with Gasteiger partial charge in [-0.05, 0) is 31.9 Å². The van der Waals surface area contributed by atoms with Crippen LogP contribution in [0.25, 0.3) is 11.5 Å². The smallest absolute Gasteiger partial charge is 0.259 e. The zero-order chi connectivity index (χ0) is 15.4. The molecule has 2 aromatic rings. The number of hydrogen-bond acceptors (Lipinski definition) is 7. The van der Waals surface area contributed by atoms with Gasteiger partial charge in [0, 0.05) is 26.5 Å². The molecule has 0 amide bonds. The fraction of sp³-hybridized carbons (Fsp3) is 0.533. The van der Waals surface area contributed by atoms with Crippen molar-refractivity contribution in [2.24, 2.45) is 0 Å². The lowest BCUT2D eigenvalue weighted by Crippen LogP contribution is -2.32. The molecule has 3 heterocycles. The highest BCUT2D eigenvalue weighted by Gasteiger charge is 2.29. The molecule has 0 aliphatic carbocycles. The molecule has 118 valence electrons. The summed E-state index contributed by atoms with van der Waals surface area (Å²) in [6, 6.07) is 3.80. The van der Waals surface area contributed by atoms with E-state index in [1.165, 1.54) is 0 Å². The zero-order valence-corrected chi connectivity index (χ0v) is 12.8. The van der Waals surface area contributed by atoms with Gasteiger partial charge < -0.3 is 19.3 Å². The lowest BCUT2D eigenvalue weighted by molar-refractivity contribution is 0.0315. The monoisotopic (exact) mass is 304 g/mol. The zero-order valence-electron chi connectivity index (χ0n) is 12.8. The third-order valence-electron chi connectivity index (χ3n) is 3.70. The van der Waals surface area contributed by atoms with Crippen molar-refractivity contribution in [3.8, 4) is 11.5 Å². The summed E-state index contributed by atoms with van der Waals surface area (Å²) in [5.74, 6) is 1.76. The lowest BCUT2D eigenvalue weighted by Gasteiger charge is -2.23. The Balaban J connectivity index is 1.62. The number of anilines is 1. The van der Waals surface area contributed by atoms with E-state index in [1.807, 2.05) is 12.1 Å². The summed E-state index contributed by atoms with van der Waals surface area (Å²) in [6.07, 6.45) is 3.90. The molecule has 1 fully saturated rings. The lowest BCUT2D eigenvalue weighted by atomic mass is 10.0. The molecule has 22 heavy (non-hydrogen) atoms. The normalized spacial score (nSPS) is 21.2. The maximum Gasteiger partial charge on any atom is 0.259 e. The van der Waals surface area contributed by atoms with Gasteiger partial charge in [0.25, 0.3) is 5.89 Å². The number of pyridine rings is 1. The summed E-state index contributed by atoms with van der Waals surface area (Å²) < 4.78 is 15.9. The predicted molar refractivity (Wildman–Crippen MR) is 80.3 cm³/mol. The van der Waals surface area contributed by atoms with Gasteiger partial charge in [-0.3, -0.25) is 0 Å². The standard InChI is InChI=1S/C15H20N4O3/c1-15(6-3-7-21-15)10-17-12-5-4-11(8-16-12)14-18-13(9-20-2)19-22-14/h4-5,8H,3,6-7,9-10H2,1-2H3,(H,16,17)/t15-/m1/s1. The van der Waals surface area contributed by atoms with E-state index in [-0.39, 0.29) is 5.60 Å². The number of rotatable bonds is 6. The van der Waals surface area contributed by atoms with Crippen molar-refractivity contribution in [2.45, 2.75) is 32.0 Å². The highest BCUT2D eigenvalue weighted by atomic mass is 16.5. The van der Waals surface area contributed by atoms with E-state index in [9.17, 15) is 0 Å². The van der Waals surface area contributed by atoms with E-state index in [0.29, 0.717) is 18.3 Å². The molecule has 1 aliphatic heterocycles. The van der Waals surface area contributed by atoms with Crippen LogP contribution in [-0.2, 0) is 16.1 Å². The fourth-order valence-corrected chi connectivity index (χ4v) is 2.44. The van der Waals surface area contributed by atoms with Crippen LogP contribution in [-0.4, -0.2) is 41.0 Å². The molecule has 1 saturated heterocycles. The average molecular weight is 304 g/mol. The number of nitrogens with zero attached hydrogens (tertiary/aromatic N) is 3. The van der Waals surface area contributed by atoms with E-state index in [1.54, 1.807) is 13.3 Å². The fourth-order valence-electron chi connectivity index (χ4n) is 2.44. The first-order valence-corrected chi connectivity index (χ1v) is 7.34. The largest absolute Gasteiger partial charge is 0.377 e. The van der Waals surface area contributed by atoms with Crippen molar-refractivity contribution < 1.29 is 14.0 Å². The molecule has 1 N–H and O–H groups in total. The van der Waals surface area contributed by atoms with Gasteiger partial charge in [0.2, 0.25) is 0 Å². The Morgan fingerprint density at radius 2 is 2.32 bits per heavy atom. The molecule has 0 spiro atoms. The minimum absolute atomic E-state index is 0.0953. The number of hydrogen-bond donors (Lipinski definition) is 1. The number of aromatic nitrogens is 3. The van der Waals surface area contributed by atoms with Gasteiger partial charge in [-0.2, -0.15) is 4.98 Å². The first kappa shape index (κ1) is 14.9. The Hall–Kier alpha value is -1.99. The van der Waals surface area contributed by atoms with Gasteiger partial charge >= 0.3 is 0 Å². The Kier molecular flexibility index (Phi) is 4.35. The summed E-state index contributed by atoms with van der Waals surface area (Å²) in [4.78, 5) is 8.61. The van der Waals surface area contributed by atoms with Crippen LogP contribution in [0.15, 0.2) is 22.9 Å². The Bertz CT molecular complexity index is 606. The second-order valence-corrected chi connectivity index (χ2v) is 5.64. The van der Waals surface area contributed by atoms with Crippen LogP contribution < -0.4 is 5.32 Å². The quantitative estimate of drug-likeness (QED) is 0.876. The topological polar surface area (TPSA) is 82.3 Å². The van der Waals surface area contributed by atoms with Gasteiger partial charge in [-0.15, -0.1) is 0 Å². The molecule has 1 aliphatic rings. The summed E-state index contributed by atoms with van der Waals surface area (Å²) in [6.45, 7) is 4.04. The van der Waals surface area contributed by atoms with Crippen molar-refractivity contribution >= 4 is 5.82 Å². The number of ether oxygens (including phenoxy) is 2. The van der Waals surface area contributed by atoms with Crippen molar-refractivity contribution in [3.63, 3.8) is 0 Å². The van der Waals surface area contributed by atoms with Crippen molar-refractivity contribution in [3.05, 3.63) is 24.2 Å². The first-order valence-electron chi connectivity index (χ1n) is 7.34. The Labute approximate surface area is 129 Å². The van der Waals surface area contributed by atoms with Crippen LogP contribution in [0.1, 0.15) is 25.6 Å². The molecule has 7 heteroatoms. The second kappa shape index (κ2) is 6.41. The van der Waals surface area contributed by atoms with Gasteiger partial charge in [0.1, 0.15) is 12.4 Å². The van der Waals surface area contributed by atoms with E-state index in [4.69, 9.17) is 14.0 Å². The highest BCUT2D eigenvalue weighted by molar-refractivity contribution is 5.54. The maximum absolute atomic E-state index is 5.75. The van der Waals surface area contributed by atoms with Gasteiger partial charge in [0.05, 0.1) is 11.2 Å². The van der Waals surface area contributed by atoms with E-state index < -0.39 is 0 Å². The van der Waals surface area contributed by atoms with E-state index in [0.717, 1.165) is 37.4 Å². The first-order chi connectivity index (χ1) is 10.7. The molecule has 0 bridgehead atoms. The summed E-state index contributed by atoms with van der Waals surface area (Å²) in [5, 5.41) is 7.14. The molecular formula is C15H20N4O3. The summed E-state index contributed by atoms with van der Waals surface area (Å²) in [5.41, 5.74) is 0.686. The van der Waals surface area contributed by atoms with Crippen molar-refractivity contribution in [2.75, 3.05) is 25.6 Å². The molecule has 0 radical (unpaired) electrons. The third-order valence-corrected chi connectivity index (χ3v) is 3.70. The van der Waals surface area contributed by atoms with Crippen LogP contribution in [0.3, 0.4) is 0 Å². The molecule has 2 aromatic heterocycles. The van der Waals surface area contributed by atoms with Crippen LogP contribution in [0, 0.1) is 0 Å². The minimum atomic E-state index is -0.0953. The molecule has 3 rings (SSSR count). The highest BCUT2D eigenvalue weighted by Crippen LogP contribution is 2.25. The molecule has 1 atom stereocenters. The van der Waals surface area contributed by atoms with Crippen LogP contribution in [0.4, 0.5) is 5.82 Å². The van der Waals surface area contributed by atoms with E-state index >= 15 is 0 Å². The molecule has 0 aromatic carbocycles. The van der Waals surface area contributed by atoms with Gasteiger partial charge in [0.15, 0.2) is 5.82 Å². The summed E-state index contributed by atoms with van der Waals surface area (Å²) in [7, 11) is 1.59. The van der Waals surface area contributed by atoms with Crippen LogP contribution >= 0.6 is 0 Å². The minimum Gasteiger partial charge on any atom is -0.377 e. The maximum atomic E-state index is 5.75. The van der Waals surface area contributed by atoms with Gasteiger partial charge in [-0.25, -0.2) is 4.98 Å². The third kappa shape index (κ3) is 3.42. The van der Waals surface area contributed by atoms with Crippen molar-refractivity contribution in [1.29, 1.82) is 0 Å². The SMILES string of the molecule is COCc1noc(-c2ccc(NC[C@@]3(C)CCCO3)nc2)n1. The Morgan fingerprint density at radius 1 is 1.41 bits per heavy atom. The molecule has 0 saturated carbocycles. The van der Waals surface area contributed by atoms with E-state index in [2.05, 4.69) is 27.4 Å². The molecule has 7 nitrogen and oxygen atoms in total. The average Bonchev–Trinajstić information content (AvgIpc) is 3.16.